The van der Waals surface area contributed by atoms with E-state index in [2.05, 4.69) is 32.0 Å². The lowest BCUT2D eigenvalue weighted by Crippen LogP contribution is -2.34. The minimum Gasteiger partial charge on any atom is -0.490 e. The molecule has 2 nitrogen and oxygen atoms in total. The molecule has 0 saturated carbocycles. The molecular weight excluding hydrogens is 242 g/mol. The summed E-state index contributed by atoms with van der Waals surface area (Å²) < 4.78 is 6.05. The summed E-state index contributed by atoms with van der Waals surface area (Å²) in [6.07, 6.45) is 3.71. The molecule has 1 unspecified atom stereocenters. The van der Waals surface area contributed by atoms with Crippen molar-refractivity contribution in [3.8, 4) is 5.75 Å². The predicted octanol–water partition coefficient (Wildman–Crippen LogP) is 3.24. The van der Waals surface area contributed by atoms with Gasteiger partial charge >= 0.3 is 0 Å². The zero-order chi connectivity index (χ0) is 13.0. The molecule has 1 fully saturated rings. The Labute approximate surface area is 114 Å². The van der Waals surface area contributed by atoms with Gasteiger partial charge in [-0.15, -0.1) is 0 Å². The van der Waals surface area contributed by atoms with Gasteiger partial charge in [0.25, 0.3) is 0 Å². The largest absolute Gasteiger partial charge is 0.490 e. The van der Waals surface area contributed by atoms with Gasteiger partial charge in [-0.25, -0.2) is 0 Å². The number of rotatable bonds is 4. The molecule has 1 aromatic carbocycles. The molecule has 0 spiro atoms. The predicted molar refractivity (Wildman–Crippen MR) is 79.4 cm³/mol. The molecule has 1 saturated heterocycles. The molecule has 2 N–H and O–H groups in total. The third-order valence-corrected chi connectivity index (χ3v) is 4.16. The van der Waals surface area contributed by atoms with E-state index in [0.717, 1.165) is 17.9 Å². The lowest BCUT2D eigenvalue weighted by molar-refractivity contribution is 0.211. The fourth-order valence-corrected chi connectivity index (χ4v) is 3.29. The molecule has 1 aliphatic heterocycles. The van der Waals surface area contributed by atoms with Crippen LogP contribution >= 0.6 is 11.8 Å². The molecule has 1 aliphatic rings. The van der Waals surface area contributed by atoms with E-state index in [1.54, 1.807) is 0 Å². The first-order valence-electron chi connectivity index (χ1n) is 6.65. The molecule has 100 valence electrons. The fraction of sp³-hybridized carbons (Fsp3) is 0.600. The molecule has 2 rings (SSSR count). The lowest BCUT2D eigenvalue weighted by atomic mass is 9.96. The van der Waals surface area contributed by atoms with E-state index in [0.29, 0.717) is 6.10 Å². The van der Waals surface area contributed by atoms with Crippen LogP contribution in [-0.4, -0.2) is 23.1 Å². The maximum atomic E-state index is 6.06. The summed E-state index contributed by atoms with van der Waals surface area (Å²) in [5.74, 6) is 3.39. The highest BCUT2D eigenvalue weighted by molar-refractivity contribution is 7.99. The monoisotopic (exact) mass is 265 g/mol. The summed E-state index contributed by atoms with van der Waals surface area (Å²) in [6, 6.07) is 8.36. The van der Waals surface area contributed by atoms with E-state index in [9.17, 15) is 0 Å². The van der Waals surface area contributed by atoms with Gasteiger partial charge in [-0.2, -0.15) is 11.8 Å². The van der Waals surface area contributed by atoms with Gasteiger partial charge in [0.2, 0.25) is 0 Å². The summed E-state index contributed by atoms with van der Waals surface area (Å²) >= 11 is 1.99. The highest BCUT2D eigenvalue weighted by Crippen LogP contribution is 2.24. The summed E-state index contributed by atoms with van der Waals surface area (Å²) in [4.78, 5) is 0. The maximum absolute atomic E-state index is 6.06. The van der Waals surface area contributed by atoms with Crippen LogP contribution < -0.4 is 10.5 Å². The zero-order valence-corrected chi connectivity index (χ0v) is 12.1. The van der Waals surface area contributed by atoms with E-state index < -0.39 is 0 Å². The standard InChI is InChI=1S/C15H23NOS/c1-15(2,16)10-12-5-3-6-13(9-12)17-14-7-4-8-18-11-14/h3,5-6,9,14H,4,7-8,10-11,16H2,1-2H3. The van der Waals surface area contributed by atoms with E-state index in [-0.39, 0.29) is 5.54 Å². The Kier molecular flexibility index (Phi) is 4.57. The first-order chi connectivity index (χ1) is 8.53. The van der Waals surface area contributed by atoms with Gasteiger partial charge in [0.15, 0.2) is 0 Å². The lowest BCUT2D eigenvalue weighted by Gasteiger charge is -2.23. The molecule has 18 heavy (non-hydrogen) atoms. The van der Waals surface area contributed by atoms with Gasteiger partial charge in [0.1, 0.15) is 11.9 Å². The van der Waals surface area contributed by atoms with Gasteiger partial charge in [-0.05, 0) is 56.6 Å². The summed E-state index contributed by atoms with van der Waals surface area (Å²) in [6.45, 7) is 4.11. The third-order valence-electron chi connectivity index (χ3n) is 2.98. The SMILES string of the molecule is CC(C)(N)Cc1cccc(OC2CCCSC2)c1. The molecule has 1 heterocycles. The Bertz CT molecular complexity index is 380. The number of ether oxygens (including phenoxy) is 1. The number of thioether (sulfide) groups is 1. The van der Waals surface area contributed by atoms with Crippen molar-refractivity contribution in [2.45, 2.75) is 44.8 Å². The minimum absolute atomic E-state index is 0.167. The van der Waals surface area contributed by atoms with Crippen LogP contribution in [0.4, 0.5) is 0 Å². The molecule has 1 atom stereocenters. The second kappa shape index (κ2) is 5.98. The molecule has 0 radical (unpaired) electrons. The quantitative estimate of drug-likeness (QED) is 0.907. The highest BCUT2D eigenvalue weighted by Gasteiger charge is 2.16. The Balaban J connectivity index is 1.98. The van der Waals surface area contributed by atoms with Crippen molar-refractivity contribution >= 4 is 11.8 Å². The zero-order valence-electron chi connectivity index (χ0n) is 11.3. The van der Waals surface area contributed by atoms with Crippen molar-refractivity contribution in [3.05, 3.63) is 29.8 Å². The van der Waals surface area contributed by atoms with Gasteiger partial charge in [-0.1, -0.05) is 12.1 Å². The Hall–Kier alpha value is -0.670. The first-order valence-corrected chi connectivity index (χ1v) is 7.81. The van der Waals surface area contributed by atoms with Crippen LogP contribution in [0.5, 0.6) is 5.75 Å². The number of hydrogen-bond donors (Lipinski definition) is 1. The summed E-state index contributed by atoms with van der Waals surface area (Å²) in [7, 11) is 0. The van der Waals surface area contributed by atoms with Crippen LogP contribution in [0.2, 0.25) is 0 Å². The van der Waals surface area contributed by atoms with E-state index in [1.165, 1.54) is 24.2 Å². The average molecular weight is 265 g/mol. The van der Waals surface area contributed by atoms with Crippen LogP contribution in [-0.2, 0) is 6.42 Å². The number of nitrogens with two attached hydrogens (primary N) is 1. The molecule has 0 aliphatic carbocycles. The summed E-state index contributed by atoms with van der Waals surface area (Å²) in [5.41, 5.74) is 7.14. The van der Waals surface area contributed by atoms with Gasteiger partial charge in [0, 0.05) is 11.3 Å². The van der Waals surface area contributed by atoms with Crippen LogP contribution in [0.3, 0.4) is 0 Å². The molecule has 3 heteroatoms. The smallest absolute Gasteiger partial charge is 0.120 e. The normalized spacial score (nSPS) is 20.7. The van der Waals surface area contributed by atoms with Crippen LogP contribution in [0.15, 0.2) is 24.3 Å². The Morgan fingerprint density at radius 1 is 1.44 bits per heavy atom. The van der Waals surface area contributed by atoms with Crippen molar-refractivity contribution in [1.82, 2.24) is 0 Å². The number of benzene rings is 1. The fourth-order valence-electron chi connectivity index (χ4n) is 2.25. The second-order valence-electron chi connectivity index (χ2n) is 5.77. The maximum Gasteiger partial charge on any atom is 0.120 e. The minimum atomic E-state index is -0.167. The van der Waals surface area contributed by atoms with Gasteiger partial charge < -0.3 is 10.5 Å². The Morgan fingerprint density at radius 2 is 2.28 bits per heavy atom. The van der Waals surface area contributed by atoms with Crippen LogP contribution in [0.1, 0.15) is 32.3 Å². The Morgan fingerprint density at radius 3 is 2.94 bits per heavy atom. The molecular formula is C15H23NOS. The molecule has 0 bridgehead atoms. The van der Waals surface area contributed by atoms with Crippen molar-refractivity contribution in [2.75, 3.05) is 11.5 Å². The van der Waals surface area contributed by atoms with Gasteiger partial charge in [-0.3, -0.25) is 0 Å². The number of hydrogen-bond acceptors (Lipinski definition) is 3. The second-order valence-corrected chi connectivity index (χ2v) is 6.92. The van der Waals surface area contributed by atoms with Gasteiger partial charge in [0.05, 0.1) is 0 Å². The van der Waals surface area contributed by atoms with Crippen molar-refractivity contribution in [2.24, 2.45) is 5.73 Å². The van der Waals surface area contributed by atoms with E-state index >= 15 is 0 Å². The van der Waals surface area contributed by atoms with E-state index in [1.807, 2.05) is 17.8 Å². The van der Waals surface area contributed by atoms with Crippen molar-refractivity contribution in [1.29, 1.82) is 0 Å². The molecule has 1 aromatic rings. The van der Waals surface area contributed by atoms with E-state index in [4.69, 9.17) is 10.5 Å². The molecule has 0 aromatic heterocycles. The summed E-state index contributed by atoms with van der Waals surface area (Å²) in [5, 5.41) is 0. The van der Waals surface area contributed by atoms with Crippen molar-refractivity contribution < 1.29 is 4.74 Å². The average Bonchev–Trinajstić information content (AvgIpc) is 2.28. The third kappa shape index (κ3) is 4.54. The topological polar surface area (TPSA) is 35.2 Å². The van der Waals surface area contributed by atoms with Crippen LogP contribution in [0.25, 0.3) is 0 Å². The molecule has 0 amide bonds. The first kappa shape index (κ1) is 13.8. The highest BCUT2D eigenvalue weighted by atomic mass is 32.2. The van der Waals surface area contributed by atoms with Crippen LogP contribution in [0, 0.1) is 0 Å². The van der Waals surface area contributed by atoms with Crippen molar-refractivity contribution in [3.63, 3.8) is 0 Å².